The number of nitrogens with one attached hydrogen (secondary N) is 1. The van der Waals surface area contributed by atoms with Gasteiger partial charge < -0.3 is 15.8 Å². The van der Waals surface area contributed by atoms with Gasteiger partial charge in [0.1, 0.15) is 11.5 Å². The minimum absolute atomic E-state index is 0.166. The summed E-state index contributed by atoms with van der Waals surface area (Å²) in [7, 11) is 3.26. The van der Waals surface area contributed by atoms with Crippen molar-refractivity contribution in [2.45, 2.75) is 13.8 Å². The first-order valence-electron chi connectivity index (χ1n) is 9.18. The van der Waals surface area contributed by atoms with Gasteiger partial charge in [-0.2, -0.15) is 5.10 Å². The molecule has 0 spiro atoms. The fraction of sp³-hybridized carbons (Fsp3) is 0.300. The molecule has 0 fully saturated rings. The molecule has 0 saturated heterocycles. The molecule has 2 heterocycles. The Morgan fingerprint density at radius 3 is 2.48 bits per heavy atom. The third-order valence-electron chi connectivity index (χ3n) is 4.03. The molecule has 0 amide bonds. The molecule has 154 valence electrons. The predicted octanol–water partition coefficient (Wildman–Crippen LogP) is 3.42. The van der Waals surface area contributed by atoms with Gasteiger partial charge in [-0.05, 0) is 31.5 Å². The van der Waals surface area contributed by atoms with Crippen LogP contribution in [0.5, 0.6) is 5.75 Å². The van der Waals surface area contributed by atoms with Crippen molar-refractivity contribution in [3.63, 3.8) is 0 Å². The number of rotatable bonds is 6. The monoisotopic (exact) mass is 414 g/mol. The number of aromatic nitrogens is 4. The fourth-order valence-corrected chi connectivity index (χ4v) is 3.82. The van der Waals surface area contributed by atoms with Gasteiger partial charge in [0.05, 0.1) is 29.6 Å². The molecule has 2 aromatic heterocycles. The lowest BCUT2D eigenvalue weighted by Gasteiger charge is -2.15. The highest BCUT2D eigenvalue weighted by Gasteiger charge is 2.17. The number of para-hydroxylation sites is 1. The van der Waals surface area contributed by atoms with E-state index < -0.39 is 0 Å². The van der Waals surface area contributed by atoms with E-state index in [-0.39, 0.29) is 19.4 Å². The van der Waals surface area contributed by atoms with Gasteiger partial charge in [0, 0.05) is 18.7 Å². The van der Waals surface area contributed by atoms with Crippen LogP contribution in [-0.2, 0) is 7.05 Å². The highest BCUT2D eigenvalue weighted by Crippen LogP contribution is 2.38. The van der Waals surface area contributed by atoms with Crippen LogP contribution in [0.25, 0.3) is 11.3 Å². The Hall–Kier alpha value is -2.99. The van der Waals surface area contributed by atoms with Crippen LogP contribution in [0.15, 0.2) is 30.3 Å². The van der Waals surface area contributed by atoms with Crippen LogP contribution in [0.1, 0.15) is 24.3 Å². The van der Waals surface area contributed by atoms with Crippen LogP contribution in [0.4, 0.5) is 17.2 Å². The Kier molecular flexibility index (Phi) is 7.67. The number of ether oxygens (including phenoxy) is 1. The number of nitrogens with two attached hydrogens (primary N) is 1. The molecule has 3 N–H and O–H groups in total. The minimum Gasteiger partial charge on any atom is -0.494 e. The summed E-state index contributed by atoms with van der Waals surface area (Å²) in [5.74, 6) is 0.831. The Bertz CT molecular complexity index is 987. The van der Waals surface area contributed by atoms with E-state index in [0.717, 1.165) is 11.3 Å². The molecule has 0 bridgehead atoms. The number of aryl methyl sites for hydroxylation is 1. The van der Waals surface area contributed by atoms with Crippen molar-refractivity contribution in [1.82, 2.24) is 20.0 Å². The van der Waals surface area contributed by atoms with Crippen molar-refractivity contribution in [2.75, 3.05) is 31.5 Å². The van der Waals surface area contributed by atoms with E-state index >= 15 is 0 Å². The second-order valence-corrected chi connectivity index (χ2v) is 8.35. The van der Waals surface area contributed by atoms with Gasteiger partial charge in [-0.3, -0.25) is 9.48 Å². The van der Waals surface area contributed by atoms with Crippen LogP contribution in [-0.4, -0.2) is 46.7 Å². The largest absolute Gasteiger partial charge is 0.494 e. The molecule has 0 radical (unpaired) electrons. The molecule has 0 unspecified atom stereocenters. The summed E-state index contributed by atoms with van der Waals surface area (Å²) in [5.41, 5.74) is 9.87. The number of hydrogen-bond acceptors (Lipinski definition) is 7. The average molecular weight is 414 g/mol. The van der Waals surface area contributed by atoms with E-state index in [9.17, 15) is 4.79 Å². The second-order valence-electron chi connectivity index (χ2n) is 6.10. The summed E-state index contributed by atoms with van der Waals surface area (Å²) < 4.78 is 7.56. The van der Waals surface area contributed by atoms with E-state index in [4.69, 9.17) is 10.5 Å². The lowest BCUT2D eigenvalue weighted by atomic mass is 10.1. The van der Waals surface area contributed by atoms with Crippen molar-refractivity contribution in [1.29, 1.82) is 0 Å². The Labute approximate surface area is 172 Å². The van der Waals surface area contributed by atoms with Crippen molar-refractivity contribution < 1.29 is 9.53 Å². The Morgan fingerprint density at radius 2 is 1.90 bits per heavy atom. The second kappa shape index (κ2) is 9.98. The van der Waals surface area contributed by atoms with E-state index in [0.29, 0.717) is 23.4 Å². The summed E-state index contributed by atoms with van der Waals surface area (Å²) in [4.78, 5) is 11.3. The number of nitrogens with zero attached hydrogens (tertiary/aromatic N) is 4. The van der Waals surface area contributed by atoms with Crippen molar-refractivity contribution in [3.8, 4) is 17.0 Å². The van der Waals surface area contributed by atoms with Crippen LogP contribution in [0.3, 0.4) is 0 Å². The minimum atomic E-state index is -0.281. The lowest BCUT2D eigenvalue weighted by Crippen LogP contribution is -2.10. The number of carbonyl (C=O) groups is 1. The Morgan fingerprint density at radius 1 is 1.17 bits per heavy atom. The van der Waals surface area contributed by atoms with Gasteiger partial charge in [-0.1, -0.05) is 27.8 Å². The predicted molar refractivity (Wildman–Crippen MR) is 120 cm³/mol. The molecule has 0 aliphatic carbocycles. The third kappa shape index (κ3) is 4.90. The van der Waals surface area contributed by atoms with Crippen LogP contribution >= 0.6 is 7.92 Å². The molecular formula is C20H27N6O2P. The van der Waals surface area contributed by atoms with E-state index in [1.807, 2.05) is 43.8 Å². The zero-order valence-electron chi connectivity index (χ0n) is 17.6. The quantitative estimate of drug-likeness (QED) is 0.470. The molecule has 0 aliphatic rings. The van der Waals surface area contributed by atoms with E-state index in [1.165, 1.54) is 5.44 Å². The average Bonchev–Trinajstić information content (AvgIpc) is 3.11. The molecule has 8 nitrogen and oxygen atoms in total. The molecule has 3 rings (SSSR count). The maximum absolute atomic E-state index is 11.3. The van der Waals surface area contributed by atoms with Gasteiger partial charge in [-0.25, -0.2) is 0 Å². The summed E-state index contributed by atoms with van der Waals surface area (Å²) in [6.07, 6.45) is 0.626. The van der Waals surface area contributed by atoms with Crippen molar-refractivity contribution >= 4 is 36.8 Å². The van der Waals surface area contributed by atoms with Gasteiger partial charge in [0.2, 0.25) is 0 Å². The summed E-state index contributed by atoms with van der Waals surface area (Å²) in [6.45, 7) is 8.38. The maximum Gasteiger partial charge on any atom is 0.172 e. The van der Waals surface area contributed by atoms with Crippen molar-refractivity contribution in [2.24, 2.45) is 7.05 Å². The number of hydrogen-bond donors (Lipinski definition) is 2. The number of methoxy groups -OCH3 is 1. The fourth-order valence-electron chi connectivity index (χ4n) is 2.81. The van der Waals surface area contributed by atoms with Gasteiger partial charge >= 0.3 is 0 Å². The molecule has 9 heteroatoms. The molecule has 0 saturated carbocycles. The normalized spacial score (nSPS) is 10.3. The summed E-state index contributed by atoms with van der Waals surface area (Å²) in [6, 6.07) is 9.33. The van der Waals surface area contributed by atoms with Crippen LogP contribution in [0.2, 0.25) is 0 Å². The Balaban J connectivity index is 0.00000145. The lowest BCUT2D eigenvalue weighted by molar-refractivity contribution is 0.111. The maximum atomic E-state index is 11.3. The summed E-state index contributed by atoms with van der Waals surface area (Å²) in [5, 5.41) is 15.3. The first-order chi connectivity index (χ1) is 13.9. The smallest absolute Gasteiger partial charge is 0.172 e. The number of carbonyl (C=O) groups excluding carboxylic acids is 1. The zero-order valence-corrected chi connectivity index (χ0v) is 18.5. The first kappa shape index (κ1) is 22.3. The van der Waals surface area contributed by atoms with Gasteiger partial charge in [0.25, 0.3) is 0 Å². The highest BCUT2D eigenvalue weighted by atomic mass is 31.1. The van der Waals surface area contributed by atoms with Gasteiger partial charge in [-0.15, -0.1) is 10.2 Å². The van der Waals surface area contributed by atoms with Gasteiger partial charge in [0.15, 0.2) is 12.0 Å². The third-order valence-corrected chi connectivity index (χ3v) is 5.37. The number of benzene rings is 1. The number of anilines is 3. The SMILES string of the molecule is CC.COc1c(Nc2cc(N)nnc2C=O)cccc1-c1cc(P(C)C)n(C)n1. The van der Waals surface area contributed by atoms with E-state index in [1.54, 1.807) is 13.2 Å². The number of nitrogen functional groups attached to an aromatic ring is 1. The number of aldehydes is 1. The van der Waals surface area contributed by atoms with Crippen LogP contribution in [0, 0.1) is 0 Å². The molecular weight excluding hydrogens is 387 g/mol. The van der Waals surface area contributed by atoms with E-state index in [2.05, 4.69) is 40.0 Å². The highest BCUT2D eigenvalue weighted by molar-refractivity contribution is 7.63. The zero-order chi connectivity index (χ0) is 21.6. The first-order valence-corrected chi connectivity index (χ1v) is 11.4. The topological polar surface area (TPSA) is 108 Å². The molecule has 29 heavy (non-hydrogen) atoms. The molecule has 0 aliphatic heterocycles. The summed E-state index contributed by atoms with van der Waals surface area (Å²) >= 11 is 0. The molecule has 1 aromatic carbocycles. The van der Waals surface area contributed by atoms with Crippen LogP contribution < -0.4 is 21.2 Å². The standard InChI is InChI=1S/C18H21N6O2P.C2H6/c1-24-17(27(3)4)9-13(23-24)11-6-5-7-12(18(11)26-2)20-14-8-16(19)22-21-15(14)10-25;1-2/h5-10H,1-4H3,(H3,19,20,22);1-2H3. The molecule has 0 atom stereocenters. The molecule has 3 aromatic rings. The van der Waals surface area contributed by atoms with Crippen molar-refractivity contribution in [3.05, 3.63) is 36.0 Å².